The number of aliphatic hydroxyl groups is 1. The fraction of sp³-hybridized carbons (Fsp3) is 0.174. The molecule has 0 saturated carbocycles. The first-order chi connectivity index (χ1) is 16.1. The highest BCUT2D eigenvalue weighted by Gasteiger charge is 2.17. The number of amides is 1. The van der Waals surface area contributed by atoms with E-state index in [1.807, 2.05) is 41.1 Å². The SMILES string of the molecule is CC(CO)NC(=O)c1ccc(COc2nn3c(-c4ccsc4)nnc3c3ccccc23)nc1. The Kier molecular flexibility index (Phi) is 5.68. The number of pyridine rings is 1. The molecular weight excluding hydrogens is 440 g/mol. The molecule has 0 radical (unpaired) electrons. The third-order valence-corrected chi connectivity index (χ3v) is 5.79. The molecule has 166 valence electrons. The third kappa shape index (κ3) is 4.13. The lowest BCUT2D eigenvalue weighted by molar-refractivity contribution is 0.0922. The van der Waals surface area contributed by atoms with Crippen LogP contribution in [0.3, 0.4) is 0 Å². The number of nitrogens with zero attached hydrogens (tertiary/aromatic N) is 5. The zero-order valence-electron chi connectivity index (χ0n) is 17.7. The van der Waals surface area contributed by atoms with E-state index in [-0.39, 0.29) is 25.2 Å². The van der Waals surface area contributed by atoms with E-state index in [1.165, 1.54) is 6.20 Å². The topological polar surface area (TPSA) is 115 Å². The smallest absolute Gasteiger partial charge is 0.253 e. The number of nitrogens with one attached hydrogen (secondary N) is 1. The second-order valence-corrected chi connectivity index (χ2v) is 8.29. The van der Waals surface area contributed by atoms with Crippen molar-refractivity contribution in [2.24, 2.45) is 0 Å². The Balaban J connectivity index is 1.43. The van der Waals surface area contributed by atoms with E-state index in [0.717, 1.165) is 16.3 Å². The summed E-state index contributed by atoms with van der Waals surface area (Å²) in [5.41, 5.74) is 2.65. The van der Waals surface area contributed by atoms with Crippen molar-refractivity contribution >= 4 is 33.7 Å². The van der Waals surface area contributed by atoms with Crippen LogP contribution in [0.1, 0.15) is 23.0 Å². The number of rotatable bonds is 7. The van der Waals surface area contributed by atoms with Crippen molar-refractivity contribution in [3.05, 3.63) is 70.7 Å². The molecule has 0 saturated heterocycles. The number of benzene rings is 1. The minimum atomic E-state index is -0.327. The second-order valence-electron chi connectivity index (χ2n) is 7.51. The van der Waals surface area contributed by atoms with Gasteiger partial charge in [-0.15, -0.1) is 15.3 Å². The van der Waals surface area contributed by atoms with E-state index < -0.39 is 0 Å². The number of fused-ring (bicyclic) bond motifs is 3. The van der Waals surface area contributed by atoms with E-state index in [2.05, 4.69) is 25.6 Å². The van der Waals surface area contributed by atoms with Gasteiger partial charge in [0.1, 0.15) is 6.61 Å². The van der Waals surface area contributed by atoms with Crippen LogP contribution >= 0.6 is 11.3 Å². The highest BCUT2D eigenvalue weighted by Crippen LogP contribution is 2.29. The van der Waals surface area contributed by atoms with Crippen LogP contribution in [0.15, 0.2) is 59.4 Å². The van der Waals surface area contributed by atoms with Gasteiger partial charge < -0.3 is 15.2 Å². The molecule has 2 N–H and O–H groups in total. The maximum absolute atomic E-state index is 12.2. The molecule has 0 spiro atoms. The highest BCUT2D eigenvalue weighted by atomic mass is 32.1. The lowest BCUT2D eigenvalue weighted by Crippen LogP contribution is -2.35. The fourth-order valence-corrected chi connectivity index (χ4v) is 4.00. The van der Waals surface area contributed by atoms with Gasteiger partial charge in [-0.05, 0) is 36.6 Å². The summed E-state index contributed by atoms with van der Waals surface area (Å²) in [6, 6.07) is 12.8. The Morgan fingerprint density at radius 3 is 2.76 bits per heavy atom. The first-order valence-corrected chi connectivity index (χ1v) is 11.2. The van der Waals surface area contributed by atoms with Gasteiger partial charge in [-0.3, -0.25) is 9.78 Å². The quantitative estimate of drug-likeness (QED) is 0.384. The predicted molar refractivity (Wildman–Crippen MR) is 124 cm³/mol. The van der Waals surface area contributed by atoms with Crippen molar-refractivity contribution in [1.82, 2.24) is 30.1 Å². The number of aromatic nitrogens is 5. The zero-order valence-corrected chi connectivity index (χ0v) is 18.5. The molecule has 4 heterocycles. The van der Waals surface area contributed by atoms with Crippen molar-refractivity contribution in [3.63, 3.8) is 0 Å². The van der Waals surface area contributed by atoms with Crippen molar-refractivity contribution < 1.29 is 14.6 Å². The summed E-state index contributed by atoms with van der Waals surface area (Å²) in [7, 11) is 0. The molecule has 1 aromatic carbocycles. The van der Waals surface area contributed by atoms with Crippen molar-refractivity contribution in [1.29, 1.82) is 0 Å². The van der Waals surface area contributed by atoms with Crippen LogP contribution < -0.4 is 10.1 Å². The van der Waals surface area contributed by atoms with Crippen molar-refractivity contribution in [3.8, 4) is 17.3 Å². The summed E-state index contributed by atoms with van der Waals surface area (Å²) in [5, 5.41) is 30.8. The van der Waals surface area contributed by atoms with E-state index in [0.29, 0.717) is 28.6 Å². The normalized spacial score (nSPS) is 12.2. The summed E-state index contributed by atoms with van der Waals surface area (Å²) >= 11 is 1.58. The molecular formula is C23H20N6O3S. The number of aliphatic hydroxyl groups excluding tert-OH is 1. The highest BCUT2D eigenvalue weighted by molar-refractivity contribution is 7.08. The van der Waals surface area contributed by atoms with Crippen LogP contribution in [0.25, 0.3) is 27.8 Å². The van der Waals surface area contributed by atoms with Gasteiger partial charge in [0.05, 0.1) is 17.9 Å². The standard InChI is InChI=1S/C23H20N6O3S/c1-14(11-30)25-22(31)15-6-7-17(24-10-15)12-32-23-19-5-3-2-4-18(19)21-27-26-20(29(21)28-23)16-8-9-33-13-16/h2-10,13-14,30H,11-12H2,1H3,(H,25,31). The Morgan fingerprint density at radius 2 is 2.03 bits per heavy atom. The molecule has 0 aliphatic rings. The second kappa shape index (κ2) is 8.93. The molecule has 0 aliphatic heterocycles. The predicted octanol–water partition coefficient (Wildman–Crippen LogP) is 3.09. The molecule has 5 aromatic rings. The Hall–Kier alpha value is -3.89. The number of carbonyl (C=O) groups is 1. The first-order valence-electron chi connectivity index (χ1n) is 10.3. The summed E-state index contributed by atoms with van der Waals surface area (Å²) in [4.78, 5) is 16.5. The van der Waals surface area contributed by atoms with Crippen LogP contribution in [0.2, 0.25) is 0 Å². The van der Waals surface area contributed by atoms with E-state index in [9.17, 15) is 4.79 Å². The van der Waals surface area contributed by atoms with Crippen LogP contribution in [-0.2, 0) is 6.61 Å². The van der Waals surface area contributed by atoms with Crippen LogP contribution in [0.4, 0.5) is 0 Å². The van der Waals surface area contributed by atoms with Crippen molar-refractivity contribution in [2.45, 2.75) is 19.6 Å². The number of ether oxygens (including phenoxy) is 1. The largest absolute Gasteiger partial charge is 0.470 e. The van der Waals surface area contributed by atoms with Gasteiger partial charge in [0, 0.05) is 34.0 Å². The van der Waals surface area contributed by atoms with Gasteiger partial charge in [-0.25, -0.2) is 0 Å². The first kappa shape index (κ1) is 21.0. The van der Waals surface area contributed by atoms with Gasteiger partial charge in [-0.2, -0.15) is 15.9 Å². The Morgan fingerprint density at radius 1 is 1.18 bits per heavy atom. The van der Waals surface area contributed by atoms with Crippen LogP contribution in [-0.4, -0.2) is 48.5 Å². The molecule has 5 rings (SSSR count). The molecule has 0 fully saturated rings. The third-order valence-electron chi connectivity index (χ3n) is 5.10. The molecule has 0 bridgehead atoms. The monoisotopic (exact) mass is 460 g/mol. The number of thiophene rings is 1. The van der Waals surface area contributed by atoms with Crippen molar-refractivity contribution in [2.75, 3.05) is 6.61 Å². The maximum Gasteiger partial charge on any atom is 0.253 e. The summed E-state index contributed by atoms with van der Waals surface area (Å²) in [5.74, 6) is 0.797. The summed E-state index contributed by atoms with van der Waals surface area (Å²) < 4.78 is 7.75. The van der Waals surface area contributed by atoms with Gasteiger partial charge in [0.25, 0.3) is 5.91 Å². The van der Waals surface area contributed by atoms with Crippen LogP contribution in [0, 0.1) is 0 Å². The Bertz CT molecular complexity index is 1420. The van der Waals surface area contributed by atoms with Gasteiger partial charge in [-0.1, -0.05) is 18.2 Å². The molecule has 1 atom stereocenters. The fourth-order valence-electron chi connectivity index (χ4n) is 3.37. The zero-order chi connectivity index (χ0) is 22.8. The lowest BCUT2D eigenvalue weighted by atomic mass is 10.2. The van der Waals surface area contributed by atoms with Gasteiger partial charge in [0.2, 0.25) is 5.88 Å². The minimum absolute atomic E-state index is 0.128. The molecule has 0 aliphatic carbocycles. The summed E-state index contributed by atoms with van der Waals surface area (Å²) in [6.45, 7) is 1.77. The van der Waals surface area contributed by atoms with E-state index in [1.54, 1.807) is 34.9 Å². The molecule has 1 unspecified atom stereocenters. The van der Waals surface area contributed by atoms with Gasteiger partial charge >= 0.3 is 0 Å². The average Bonchev–Trinajstić information content (AvgIpc) is 3.52. The number of carbonyl (C=O) groups excluding carboxylic acids is 1. The number of hydrogen-bond acceptors (Lipinski definition) is 8. The lowest BCUT2D eigenvalue weighted by Gasteiger charge is -2.11. The Labute approximate surface area is 192 Å². The minimum Gasteiger partial charge on any atom is -0.470 e. The molecule has 9 nitrogen and oxygen atoms in total. The van der Waals surface area contributed by atoms with Crippen LogP contribution in [0.5, 0.6) is 5.88 Å². The maximum atomic E-state index is 12.2. The van der Waals surface area contributed by atoms with E-state index >= 15 is 0 Å². The average molecular weight is 461 g/mol. The molecule has 4 aromatic heterocycles. The molecule has 10 heteroatoms. The van der Waals surface area contributed by atoms with E-state index in [4.69, 9.17) is 9.84 Å². The van der Waals surface area contributed by atoms with Gasteiger partial charge in [0.15, 0.2) is 11.5 Å². The number of hydrogen-bond donors (Lipinski definition) is 2. The molecule has 33 heavy (non-hydrogen) atoms. The molecule has 1 amide bonds. The summed E-state index contributed by atoms with van der Waals surface area (Å²) in [6.07, 6.45) is 1.49.